The van der Waals surface area contributed by atoms with Crippen molar-refractivity contribution in [3.05, 3.63) is 76.3 Å². The summed E-state index contributed by atoms with van der Waals surface area (Å²) >= 11 is 3.24. The molecule has 49 heavy (non-hydrogen) atoms. The first-order valence-electron chi connectivity index (χ1n) is 15.5. The van der Waals surface area contributed by atoms with Gasteiger partial charge < -0.3 is 20.5 Å². The Morgan fingerprint density at radius 3 is 2.08 bits per heavy atom. The molecule has 3 atom stereocenters. The van der Waals surface area contributed by atoms with Gasteiger partial charge in [-0.25, -0.2) is 13.2 Å². The minimum absolute atomic E-state index is 0.0360. The molecule has 2 bridgehead atoms. The molecule has 0 saturated carbocycles. The van der Waals surface area contributed by atoms with Crippen LogP contribution in [0.2, 0.25) is 0 Å². The minimum atomic E-state index is -5.08. The number of amides is 1. The molecule has 2 fully saturated rings. The Morgan fingerprint density at radius 1 is 0.980 bits per heavy atom. The highest BCUT2D eigenvalue weighted by molar-refractivity contribution is 9.10. The summed E-state index contributed by atoms with van der Waals surface area (Å²) in [6.07, 6.45) is -2.60. The zero-order valence-corrected chi connectivity index (χ0v) is 29.0. The van der Waals surface area contributed by atoms with E-state index in [2.05, 4.69) is 20.7 Å². The van der Waals surface area contributed by atoms with Crippen molar-refractivity contribution in [3.8, 4) is 5.75 Å². The predicted molar refractivity (Wildman–Crippen MR) is 177 cm³/mol. The molecule has 2 saturated heterocycles. The highest BCUT2D eigenvalue weighted by Crippen LogP contribution is 2.40. The minimum Gasteiger partial charge on any atom is -0.491 e. The van der Waals surface area contributed by atoms with Crippen molar-refractivity contribution in [1.82, 2.24) is 9.62 Å². The van der Waals surface area contributed by atoms with Crippen LogP contribution >= 0.6 is 15.9 Å². The van der Waals surface area contributed by atoms with Gasteiger partial charge >= 0.3 is 12.1 Å². The summed E-state index contributed by atoms with van der Waals surface area (Å²) in [5.74, 6) is -7.17. The molecule has 2 heterocycles. The van der Waals surface area contributed by atoms with E-state index in [9.17, 15) is 26.4 Å². The molecular weight excluding hydrogens is 741 g/mol. The Kier molecular flexibility index (Phi) is 12.0. The summed E-state index contributed by atoms with van der Waals surface area (Å²) in [6.45, 7) is 3.89. The lowest BCUT2D eigenvalue weighted by Gasteiger charge is -2.41. The number of carbonyl (C=O) groups excluding carboxylic acids is 1. The number of nitrogens with two attached hydrogens (primary N) is 1. The third kappa shape index (κ3) is 9.89. The van der Waals surface area contributed by atoms with Gasteiger partial charge in [0.1, 0.15) is 5.75 Å². The van der Waals surface area contributed by atoms with Crippen molar-refractivity contribution in [3.63, 3.8) is 0 Å². The maximum absolute atomic E-state index is 16.1. The van der Waals surface area contributed by atoms with Gasteiger partial charge in [0.25, 0.3) is 5.92 Å². The third-order valence-corrected chi connectivity index (χ3v) is 10.2. The Balaban J connectivity index is 0.000000698. The first kappa shape index (κ1) is 38.5. The van der Waals surface area contributed by atoms with E-state index >= 15 is 8.78 Å². The van der Waals surface area contributed by atoms with Crippen molar-refractivity contribution in [2.75, 3.05) is 5.75 Å². The van der Waals surface area contributed by atoms with Crippen LogP contribution < -0.4 is 15.2 Å². The smallest absolute Gasteiger partial charge is 0.490 e. The number of benzene rings is 3. The summed E-state index contributed by atoms with van der Waals surface area (Å²) in [7, 11) is -4.29. The van der Waals surface area contributed by atoms with Crippen molar-refractivity contribution in [2.24, 2.45) is 5.73 Å². The highest BCUT2D eigenvalue weighted by Gasteiger charge is 2.53. The summed E-state index contributed by atoms with van der Waals surface area (Å²) in [5, 5.41) is 8.97. The van der Waals surface area contributed by atoms with E-state index in [0.29, 0.717) is 30.2 Å². The second-order valence-electron chi connectivity index (χ2n) is 12.4. The van der Waals surface area contributed by atoms with Crippen LogP contribution in [0.25, 0.3) is 10.8 Å². The Hall–Kier alpha value is -3.34. The fourth-order valence-corrected chi connectivity index (χ4v) is 7.61. The van der Waals surface area contributed by atoms with Crippen LogP contribution in [0, 0.1) is 0 Å². The van der Waals surface area contributed by atoms with Crippen LogP contribution in [0.3, 0.4) is 0 Å². The van der Waals surface area contributed by atoms with Crippen LogP contribution in [0.4, 0.5) is 22.0 Å². The van der Waals surface area contributed by atoms with Crippen LogP contribution in [0.5, 0.6) is 5.75 Å². The largest absolute Gasteiger partial charge is 0.491 e. The van der Waals surface area contributed by atoms with E-state index < -0.39 is 51.4 Å². The van der Waals surface area contributed by atoms with Gasteiger partial charge in [0, 0.05) is 28.2 Å². The molecule has 0 aliphatic carbocycles. The fraction of sp³-hybridized carbons (Fsp3) is 0.455. The molecule has 5 rings (SSSR count). The van der Waals surface area contributed by atoms with E-state index in [1.807, 2.05) is 50.2 Å². The van der Waals surface area contributed by atoms with E-state index in [1.165, 1.54) is 29.2 Å². The standard InChI is InChI=1S/C31H36BrF2N3O4S.C2HF3O2/c1-19(2)41-28-12-5-21-15-20(3-4-22(21)16-28)13-14-42(39,40)36-29(31(33,34)23-6-8-24(32)9-7-23)30(38)37-26-10-11-27(37)18-25(35)17-26;3-2(4,5)1(6)7/h3-9,12,15-16,19,25-27,29,36H,10-11,13-14,17-18,35H2,1-2H3;(H,6,7). The molecule has 0 spiro atoms. The number of ether oxygens (including phenoxy) is 1. The Morgan fingerprint density at radius 2 is 1.53 bits per heavy atom. The number of hydrogen-bond donors (Lipinski definition) is 3. The molecule has 3 aromatic carbocycles. The Bertz CT molecular complexity index is 1740. The second-order valence-corrected chi connectivity index (χ2v) is 15.2. The predicted octanol–water partition coefficient (Wildman–Crippen LogP) is 6.13. The number of carboxylic acids is 1. The number of nitrogens with one attached hydrogen (secondary N) is 1. The first-order valence-corrected chi connectivity index (χ1v) is 17.9. The molecule has 1 amide bonds. The maximum atomic E-state index is 16.1. The molecule has 3 aromatic rings. The zero-order chi connectivity index (χ0) is 36.3. The number of rotatable bonds is 10. The number of fused-ring (bicyclic) bond motifs is 3. The van der Waals surface area contributed by atoms with Gasteiger partial charge in [-0.15, -0.1) is 0 Å². The van der Waals surface area contributed by atoms with E-state index in [0.717, 1.165) is 22.1 Å². The van der Waals surface area contributed by atoms with Crippen LogP contribution in [-0.2, 0) is 32.0 Å². The summed E-state index contributed by atoms with van der Waals surface area (Å²) in [5.41, 5.74) is 6.43. The summed E-state index contributed by atoms with van der Waals surface area (Å²) in [4.78, 5) is 24.2. The number of sulfonamides is 1. The molecule has 4 N–H and O–H groups in total. The zero-order valence-electron chi connectivity index (χ0n) is 26.6. The van der Waals surface area contributed by atoms with Crippen molar-refractivity contribution < 1.29 is 49.8 Å². The molecular formula is C33H37BrF5N3O6S. The summed E-state index contributed by atoms with van der Waals surface area (Å²) < 4.78 is 99.0. The van der Waals surface area contributed by atoms with E-state index in [1.54, 1.807) is 0 Å². The highest BCUT2D eigenvalue weighted by atomic mass is 79.9. The van der Waals surface area contributed by atoms with Crippen molar-refractivity contribution in [2.45, 2.75) is 88.3 Å². The number of aliphatic carboxylic acids is 1. The van der Waals surface area contributed by atoms with Crippen LogP contribution in [0.1, 0.15) is 50.7 Å². The van der Waals surface area contributed by atoms with Gasteiger partial charge in [0.2, 0.25) is 15.9 Å². The number of halogens is 6. The molecule has 0 radical (unpaired) electrons. The van der Waals surface area contributed by atoms with Gasteiger partial charge in [0.05, 0.1) is 11.9 Å². The lowest BCUT2D eigenvalue weighted by atomic mass is 9.95. The van der Waals surface area contributed by atoms with Crippen LogP contribution in [0.15, 0.2) is 65.1 Å². The lowest BCUT2D eigenvalue weighted by Crippen LogP contribution is -2.61. The first-order chi connectivity index (χ1) is 22.8. The van der Waals surface area contributed by atoms with Crippen molar-refractivity contribution in [1.29, 1.82) is 0 Å². The third-order valence-electron chi connectivity index (χ3n) is 8.31. The average Bonchev–Trinajstić information content (AvgIpc) is 3.28. The van der Waals surface area contributed by atoms with E-state index in [-0.39, 0.29) is 30.7 Å². The normalized spacial score (nSPS) is 20.1. The topological polar surface area (TPSA) is 139 Å². The average molecular weight is 779 g/mol. The molecule has 3 unspecified atom stereocenters. The number of nitrogens with zero attached hydrogens (tertiary/aromatic N) is 1. The van der Waals surface area contributed by atoms with Crippen LogP contribution in [-0.4, -0.2) is 72.5 Å². The molecule has 0 aromatic heterocycles. The molecule has 268 valence electrons. The quantitative estimate of drug-likeness (QED) is 0.211. The lowest BCUT2D eigenvalue weighted by molar-refractivity contribution is -0.192. The number of carboxylic acid groups (broad SMARTS) is 1. The SMILES string of the molecule is CC(C)Oc1ccc2cc(CCS(=O)(=O)NC(C(=O)N3C4CCC3CC(N)C4)C(F)(F)c3ccc(Br)cc3)ccc2c1.O=C(O)C(F)(F)F. The molecule has 16 heteroatoms. The van der Waals surface area contributed by atoms with Gasteiger partial charge in [-0.3, -0.25) is 4.79 Å². The number of piperidine rings is 1. The number of aryl methyl sites for hydroxylation is 1. The summed E-state index contributed by atoms with van der Waals surface area (Å²) in [6, 6.07) is 13.6. The Labute approximate surface area is 289 Å². The number of hydrogen-bond acceptors (Lipinski definition) is 6. The van der Waals surface area contributed by atoms with Gasteiger partial charge in [-0.1, -0.05) is 52.3 Å². The molecule has 2 aliphatic rings. The maximum Gasteiger partial charge on any atom is 0.490 e. The fourth-order valence-electron chi connectivity index (χ4n) is 6.11. The van der Waals surface area contributed by atoms with Gasteiger partial charge in [-0.2, -0.15) is 26.7 Å². The monoisotopic (exact) mass is 777 g/mol. The number of alkyl halides is 5. The molecule has 9 nitrogen and oxygen atoms in total. The number of carbonyl (C=O) groups is 2. The van der Waals surface area contributed by atoms with Gasteiger partial charge in [0.15, 0.2) is 6.04 Å². The van der Waals surface area contributed by atoms with E-state index in [4.69, 9.17) is 20.4 Å². The van der Waals surface area contributed by atoms with Gasteiger partial charge in [-0.05, 0) is 86.6 Å². The van der Waals surface area contributed by atoms with Crippen molar-refractivity contribution >= 4 is 48.6 Å². The second kappa shape index (κ2) is 15.3. The molecule has 2 aliphatic heterocycles.